The molecule has 0 fully saturated rings. The van der Waals surface area contributed by atoms with Gasteiger partial charge in [-0.3, -0.25) is 4.79 Å². The number of nitrogens with one attached hydrogen (secondary N) is 1. The number of ether oxygens (including phenoxy) is 1. The van der Waals surface area contributed by atoms with Crippen molar-refractivity contribution in [2.45, 2.75) is 6.54 Å². The fraction of sp³-hybridized carbons (Fsp3) is 0.308. The Labute approximate surface area is 121 Å². The van der Waals surface area contributed by atoms with Crippen LogP contribution in [0.3, 0.4) is 0 Å². The highest BCUT2D eigenvalue weighted by atomic mass is 16.6. The fourth-order valence-corrected chi connectivity index (χ4v) is 1.85. The number of hydrogen-bond acceptors (Lipinski definition) is 7. The topological polar surface area (TPSA) is 107 Å². The van der Waals surface area contributed by atoms with Crippen molar-refractivity contribution in [3.8, 4) is 5.75 Å². The Morgan fingerprint density at radius 3 is 2.76 bits per heavy atom. The van der Waals surface area contributed by atoms with Crippen molar-refractivity contribution in [2.24, 2.45) is 0 Å². The molecule has 0 saturated carbocycles. The Morgan fingerprint density at radius 1 is 1.43 bits per heavy atom. The summed E-state index contributed by atoms with van der Waals surface area (Å²) in [6.07, 6.45) is 0. The molecule has 1 amide bonds. The second-order valence-corrected chi connectivity index (χ2v) is 4.72. The van der Waals surface area contributed by atoms with Crippen molar-refractivity contribution in [3.63, 3.8) is 0 Å². The van der Waals surface area contributed by atoms with Gasteiger partial charge in [-0.2, -0.15) is 0 Å². The van der Waals surface area contributed by atoms with Gasteiger partial charge in [0.1, 0.15) is 5.75 Å². The van der Waals surface area contributed by atoms with Gasteiger partial charge in [0, 0.05) is 6.54 Å². The fourth-order valence-electron chi connectivity index (χ4n) is 1.85. The molecule has 0 unspecified atom stereocenters. The lowest BCUT2D eigenvalue weighted by atomic mass is 10.1. The summed E-state index contributed by atoms with van der Waals surface area (Å²) in [6.45, 7) is 0.737. The predicted molar refractivity (Wildman–Crippen MR) is 77.0 cm³/mol. The molecular weight excluding hydrogens is 274 g/mol. The molecule has 1 aromatic heterocycles. The van der Waals surface area contributed by atoms with Crippen LogP contribution in [0, 0.1) is 0 Å². The van der Waals surface area contributed by atoms with Crippen LogP contribution in [-0.2, 0) is 6.54 Å². The largest absolute Gasteiger partial charge is 0.495 e. The van der Waals surface area contributed by atoms with E-state index in [0.29, 0.717) is 11.4 Å². The van der Waals surface area contributed by atoms with E-state index in [1.165, 1.54) is 7.11 Å². The number of nitrogens with zero attached hydrogens (tertiary/aromatic N) is 3. The van der Waals surface area contributed by atoms with Crippen LogP contribution in [0.5, 0.6) is 5.75 Å². The SMILES string of the molecule is COc1ccc(CN(C)C)cc1NC(=O)c1nonc1N. The normalized spacial score (nSPS) is 10.7. The molecule has 0 aliphatic rings. The number of rotatable bonds is 5. The van der Waals surface area contributed by atoms with Crippen LogP contribution in [0.1, 0.15) is 16.1 Å². The highest BCUT2D eigenvalue weighted by Crippen LogP contribution is 2.26. The lowest BCUT2D eigenvalue weighted by Crippen LogP contribution is -2.16. The van der Waals surface area contributed by atoms with E-state index in [0.717, 1.165) is 12.1 Å². The molecule has 0 atom stereocenters. The van der Waals surface area contributed by atoms with E-state index >= 15 is 0 Å². The summed E-state index contributed by atoms with van der Waals surface area (Å²) in [7, 11) is 5.46. The van der Waals surface area contributed by atoms with Crippen LogP contribution in [0.2, 0.25) is 0 Å². The molecule has 0 spiro atoms. The van der Waals surface area contributed by atoms with Crippen LogP contribution < -0.4 is 15.8 Å². The van der Waals surface area contributed by atoms with Crippen molar-refractivity contribution in [1.29, 1.82) is 0 Å². The maximum atomic E-state index is 12.1. The van der Waals surface area contributed by atoms with E-state index in [4.69, 9.17) is 10.5 Å². The molecule has 2 rings (SSSR count). The first kappa shape index (κ1) is 14.8. The molecule has 0 saturated heterocycles. The van der Waals surface area contributed by atoms with Gasteiger partial charge in [-0.25, -0.2) is 4.63 Å². The average Bonchev–Trinajstić information content (AvgIpc) is 2.84. The third-order valence-corrected chi connectivity index (χ3v) is 2.74. The van der Waals surface area contributed by atoms with E-state index < -0.39 is 5.91 Å². The van der Waals surface area contributed by atoms with Crippen LogP contribution >= 0.6 is 0 Å². The Kier molecular flexibility index (Phi) is 4.39. The lowest BCUT2D eigenvalue weighted by Gasteiger charge is -2.14. The molecule has 0 radical (unpaired) electrons. The Morgan fingerprint density at radius 2 is 2.19 bits per heavy atom. The van der Waals surface area contributed by atoms with Crippen molar-refractivity contribution in [2.75, 3.05) is 32.3 Å². The second kappa shape index (κ2) is 6.23. The van der Waals surface area contributed by atoms with Crippen LogP contribution in [0.25, 0.3) is 0 Å². The molecule has 8 nitrogen and oxygen atoms in total. The maximum absolute atomic E-state index is 12.1. The minimum Gasteiger partial charge on any atom is -0.495 e. The van der Waals surface area contributed by atoms with Crippen LogP contribution in [0.4, 0.5) is 11.5 Å². The Balaban J connectivity index is 2.25. The number of nitrogen functional groups attached to an aromatic ring is 1. The number of carbonyl (C=O) groups excluding carboxylic acids is 1. The highest BCUT2D eigenvalue weighted by molar-refractivity contribution is 6.06. The first-order chi connectivity index (χ1) is 10.0. The molecule has 2 aromatic rings. The van der Waals surface area contributed by atoms with Gasteiger partial charge in [0.25, 0.3) is 5.91 Å². The quantitative estimate of drug-likeness (QED) is 0.845. The summed E-state index contributed by atoms with van der Waals surface area (Å²) in [4.78, 5) is 14.1. The number of hydrogen-bond donors (Lipinski definition) is 2. The number of anilines is 2. The first-order valence-electron chi connectivity index (χ1n) is 6.22. The zero-order valence-corrected chi connectivity index (χ0v) is 12.1. The predicted octanol–water partition coefficient (Wildman–Crippen LogP) is 0.974. The number of benzene rings is 1. The van der Waals surface area contributed by atoms with Crippen molar-refractivity contribution in [3.05, 3.63) is 29.5 Å². The molecule has 112 valence electrons. The van der Waals surface area contributed by atoms with E-state index in [1.54, 1.807) is 6.07 Å². The third kappa shape index (κ3) is 3.48. The minimum absolute atomic E-state index is 0.0593. The third-order valence-electron chi connectivity index (χ3n) is 2.74. The van der Waals surface area contributed by atoms with Gasteiger partial charge >= 0.3 is 0 Å². The molecular formula is C13H17N5O3. The lowest BCUT2D eigenvalue weighted by molar-refractivity contribution is 0.101. The molecule has 8 heteroatoms. The first-order valence-corrected chi connectivity index (χ1v) is 6.22. The number of methoxy groups -OCH3 is 1. The summed E-state index contributed by atoms with van der Waals surface area (Å²) in [6, 6.07) is 5.56. The van der Waals surface area contributed by atoms with Gasteiger partial charge in [-0.15, -0.1) is 0 Å². The molecule has 21 heavy (non-hydrogen) atoms. The van der Waals surface area contributed by atoms with E-state index in [2.05, 4.69) is 20.3 Å². The van der Waals surface area contributed by atoms with Crippen LogP contribution in [0.15, 0.2) is 22.8 Å². The van der Waals surface area contributed by atoms with E-state index in [1.807, 2.05) is 31.1 Å². The zero-order chi connectivity index (χ0) is 15.4. The van der Waals surface area contributed by atoms with Gasteiger partial charge in [0.05, 0.1) is 12.8 Å². The summed E-state index contributed by atoms with van der Waals surface area (Å²) in [5.74, 6) is -0.0224. The van der Waals surface area contributed by atoms with Gasteiger partial charge in [-0.05, 0) is 42.1 Å². The Bertz CT molecular complexity index is 638. The van der Waals surface area contributed by atoms with Crippen molar-refractivity contribution in [1.82, 2.24) is 15.2 Å². The monoisotopic (exact) mass is 291 g/mol. The zero-order valence-electron chi connectivity index (χ0n) is 12.1. The van der Waals surface area contributed by atoms with E-state index in [9.17, 15) is 4.79 Å². The average molecular weight is 291 g/mol. The maximum Gasteiger partial charge on any atom is 0.281 e. The molecule has 0 bridgehead atoms. The smallest absolute Gasteiger partial charge is 0.281 e. The van der Waals surface area contributed by atoms with Gasteiger partial charge < -0.3 is 20.7 Å². The molecule has 0 aliphatic heterocycles. The standard InChI is InChI=1S/C13H17N5O3/c1-18(2)7-8-4-5-10(20-3)9(6-8)15-13(19)11-12(14)17-21-16-11/h4-6H,7H2,1-3H3,(H2,14,17)(H,15,19). The van der Waals surface area contributed by atoms with E-state index in [-0.39, 0.29) is 11.5 Å². The number of aromatic nitrogens is 2. The summed E-state index contributed by atoms with van der Waals surface area (Å²) < 4.78 is 9.65. The summed E-state index contributed by atoms with van der Waals surface area (Å²) >= 11 is 0. The van der Waals surface area contributed by atoms with Crippen molar-refractivity contribution >= 4 is 17.4 Å². The molecule has 1 heterocycles. The van der Waals surface area contributed by atoms with Crippen molar-refractivity contribution < 1.29 is 14.2 Å². The van der Waals surface area contributed by atoms with Gasteiger partial charge in [0.15, 0.2) is 0 Å². The second-order valence-electron chi connectivity index (χ2n) is 4.72. The molecule has 3 N–H and O–H groups in total. The Hall–Kier alpha value is -2.61. The van der Waals surface area contributed by atoms with Gasteiger partial charge in [0.2, 0.25) is 11.5 Å². The number of amides is 1. The summed E-state index contributed by atoms with van der Waals surface area (Å²) in [5.41, 5.74) is 7.00. The van der Waals surface area contributed by atoms with Crippen LogP contribution in [-0.4, -0.2) is 42.3 Å². The van der Waals surface area contributed by atoms with Gasteiger partial charge in [-0.1, -0.05) is 6.07 Å². The minimum atomic E-state index is -0.506. The molecule has 0 aliphatic carbocycles. The molecule has 1 aromatic carbocycles. The number of carbonyl (C=O) groups is 1. The number of nitrogens with two attached hydrogens (primary N) is 1. The highest BCUT2D eigenvalue weighted by Gasteiger charge is 2.18. The summed E-state index contributed by atoms with van der Waals surface area (Å²) in [5, 5.41) is 9.53.